The summed E-state index contributed by atoms with van der Waals surface area (Å²) >= 11 is 5.59. The number of alkyl halides is 1. The van der Waals surface area contributed by atoms with Crippen molar-refractivity contribution >= 4 is 11.6 Å². The first-order chi connectivity index (χ1) is 10.2. The van der Waals surface area contributed by atoms with Crippen LogP contribution < -0.4 is 4.74 Å². The number of aromatic hydroxyl groups is 1. The normalized spacial score (nSPS) is 9.81. The monoisotopic (exact) mass is 300 g/mol. The van der Waals surface area contributed by atoms with Crippen LogP contribution in [0.3, 0.4) is 0 Å². The second kappa shape index (κ2) is 7.61. The number of halogens is 1. The minimum absolute atomic E-state index is 0.248. The second-order valence-corrected chi connectivity index (χ2v) is 5.06. The highest BCUT2D eigenvalue weighted by Crippen LogP contribution is 2.21. The van der Waals surface area contributed by atoms with Gasteiger partial charge in [0, 0.05) is 17.9 Å². The largest absolute Gasteiger partial charge is 0.508 e. The van der Waals surface area contributed by atoms with Gasteiger partial charge in [-0.2, -0.15) is 0 Å². The summed E-state index contributed by atoms with van der Waals surface area (Å²) in [6.07, 6.45) is 0.691. The Kier molecular flexibility index (Phi) is 5.54. The number of phenolic OH excluding ortho intramolecular Hbond substituents is 1. The van der Waals surface area contributed by atoms with E-state index in [1.807, 2.05) is 31.2 Å². The first kappa shape index (κ1) is 15.3. The van der Waals surface area contributed by atoms with Crippen LogP contribution in [0.1, 0.15) is 23.1 Å². The molecule has 0 spiro atoms. The molecule has 2 nitrogen and oxygen atoms in total. The Labute approximate surface area is 130 Å². The summed E-state index contributed by atoms with van der Waals surface area (Å²) in [6, 6.07) is 12.9. The SMILES string of the molecule is Cc1cc(C#CCCCl)ccc1OCc1cccc(O)c1. The molecule has 0 atom stereocenters. The lowest BCUT2D eigenvalue weighted by molar-refractivity contribution is 0.303. The molecule has 108 valence electrons. The van der Waals surface area contributed by atoms with E-state index >= 15 is 0 Å². The van der Waals surface area contributed by atoms with Crippen molar-refractivity contribution in [2.24, 2.45) is 0 Å². The van der Waals surface area contributed by atoms with Gasteiger partial charge in [-0.15, -0.1) is 11.6 Å². The van der Waals surface area contributed by atoms with Gasteiger partial charge in [-0.1, -0.05) is 24.0 Å². The Balaban J connectivity index is 2.03. The van der Waals surface area contributed by atoms with E-state index < -0.39 is 0 Å². The van der Waals surface area contributed by atoms with Crippen LogP contribution in [0.25, 0.3) is 0 Å². The molecule has 0 aromatic heterocycles. The van der Waals surface area contributed by atoms with Crippen molar-refractivity contribution in [3.63, 3.8) is 0 Å². The van der Waals surface area contributed by atoms with E-state index in [9.17, 15) is 5.11 Å². The van der Waals surface area contributed by atoms with Crippen molar-refractivity contribution in [1.82, 2.24) is 0 Å². The van der Waals surface area contributed by atoms with Crippen LogP contribution >= 0.6 is 11.6 Å². The zero-order valence-corrected chi connectivity index (χ0v) is 12.7. The quantitative estimate of drug-likeness (QED) is 0.675. The van der Waals surface area contributed by atoms with Gasteiger partial charge in [0.2, 0.25) is 0 Å². The Morgan fingerprint density at radius 3 is 2.76 bits per heavy atom. The van der Waals surface area contributed by atoms with Gasteiger partial charge in [0.15, 0.2) is 0 Å². The minimum atomic E-state index is 0.248. The third-order valence-electron chi connectivity index (χ3n) is 2.93. The van der Waals surface area contributed by atoms with Crippen LogP contribution in [0, 0.1) is 18.8 Å². The number of aryl methyl sites for hydroxylation is 1. The van der Waals surface area contributed by atoms with E-state index in [1.165, 1.54) is 0 Å². The molecular weight excluding hydrogens is 284 g/mol. The predicted octanol–water partition coefficient (Wildman–Crippen LogP) is 4.26. The van der Waals surface area contributed by atoms with E-state index in [0.717, 1.165) is 22.4 Å². The highest BCUT2D eigenvalue weighted by molar-refractivity contribution is 6.18. The highest BCUT2D eigenvalue weighted by atomic mass is 35.5. The molecule has 0 saturated carbocycles. The predicted molar refractivity (Wildman–Crippen MR) is 85.8 cm³/mol. The average Bonchev–Trinajstić information content (AvgIpc) is 2.47. The van der Waals surface area contributed by atoms with Crippen molar-refractivity contribution in [2.75, 3.05) is 5.88 Å². The van der Waals surface area contributed by atoms with Gasteiger partial charge in [0.25, 0.3) is 0 Å². The molecule has 2 aromatic carbocycles. The lowest BCUT2D eigenvalue weighted by Crippen LogP contribution is -1.97. The summed E-state index contributed by atoms with van der Waals surface area (Å²) in [4.78, 5) is 0. The fourth-order valence-corrected chi connectivity index (χ4v) is 2.00. The van der Waals surface area contributed by atoms with E-state index in [4.69, 9.17) is 16.3 Å². The summed E-state index contributed by atoms with van der Waals surface area (Å²) in [7, 11) is 0. The third-order valence-corrected chi connectivity index (χ3v) is 3.12. The summed E-state index contributed by atoms with van der Waals surface area (Å²) in [6.45, 7) is 2.41. The smallest absolute Gasteiger partial charge is 0.122 e. The van der Waals surface area contributed by atoms with Crippen molar-refractivity contribution in [1.29, 1.82) is 0 Å². The molecule has 3 heteroatoms. The molecule has 0 radical (unpaired) electrons. The van der Waals surface area contributed by atoms with Gasteiger partial charge in [-0.25, -0.2) is 0 Å². The minimum Gasteiger partial charge on any atom is -0.508 e. The van der Waals surface area contributed by atoms with Crippen molar-refractivity contribution in [3.05, 3.63) is 59.2 Å². The van der Waals surface area contributed by atoms with Crippen LogP contribution in [-0.4, -0.2) is 11.0 Å². The van der Waals surface area contributed by atoms with Crippen LogP contribution in [0.4, 0.5) is 0 Å². The molecule has 0 heterocycles. The molecule has 0 amide bonds. The van der Waals surface area contributed by atoms with E-state index in [1.54, 1.807) is 18.2 Å². The number of benzene rings is 2. The van der Waals surface area contributed by atoms with Gasteiger partial charge >= 0.3 is 0 Å². The zero-order chi connectivity index (χ0) is 15.1. The van der Waals surface area contributed by atoms with Gasteiger partial charge in [0.1, 0.15) is 18.1 Å². The second-order valence-electron chi connectivity index (χ2n) is 4.68. The van der Waals surface area contributed by atoms with Gasteiger partial charge in [-0.3, -0.25) is 0 Å². The van der Waals surface area contributed by atoms with E-state index in [-0.39, 0.29) is 5.75 Å². The molecule has 0 aliphatic rings. The van der Waals surface area contributed by atoms with Gasteiger partial charge in [-0.05, 0) is 48.4 Å². The number of ether oxygens (including phenoxy) is 1. The lowest BCUT2D eigenvalue weighted by atomic mass is 10.1. The average molecular weight is 301 g/mol. The van der Waals surface area contributed by atoms with Crippen LogP contribution in [-0.2, 0) is 6.61 Å². The van der Waals surface area contributed by atoms with Crippen LogP contribution in [0.15, 0.2) is 42.5 Å². The molecule has 0 aliphatic heterocycles. The molecule has 0 saturated heterocycles. The number of phenols is 1. The summed E-state index contributed by atoms with van der Waals surface area (Å²) in [5.74, 6) is 7.70. The molecule has 0 unspecified atom stereocenters. The molecule has 0 fully saturated rings. The summed E-state index contributed by atoms with van der Waals surface area (Å²) in [5, 5.41) is 9.42. The first-order valence-corrected chi connectivity index (χ1v) is 7.28. The molecule has 0 bridgehead atoms. The summed E-state index contributed by atoms with van der Waals surface area (Å²) < 4.78 is 5.78. The topological polar surface area (TPSA) is 29.5 Å². The van der Waals surface area contributed by atoms with Crippen LogP contribution in [0.5, 0.6) is 11.5 Å². The van der Waals surface area contributed by atoms with E-state index in [2.05, 4.69) is 11.8 Å². The zero-order valence-electron chi connectivity index (χ0n) is 11.9. The lowest BCUT2D eigenvalue weighted by Gasteiger charge is -2.09. The van der Waals surface area contributed by atoms with Crippen molar-refractivity contribution in [3.8, 4) is 23.3 Å². The van der Waals surface area contributed by atoms with Gasteiger partial charge < -0.3 is 9.84 Å². The number of rotatable bonds is 4. The Hall–Kier alpha value is -2.11. The first-order valence-electron chi connectivity index (χ1n) is 6.75. The van der Waals surface area contributed by atoms with E-state index in [0.29, 0.717) is 18.9 Å². The fraction of sp³-hybridized carbons (Fsp3) is 0.222. The van der Waals surface area contributed by atoms with Crippen molar-refractivity contribution < 1.29 is 9.84 Å². The fourth-order valence-electron chi connectivity index (χ4n) is 1.91. The molecule has 0 aliphatic carbocycles. The standard InChI is InChI=1S/C18H17ClO2/c1-14-11-15(5-2-3-10-19)8-9-18(14)21-13-16-6-4-7-17(20)12-16/h4,6-9,11-12,20H,3,10,13H2,1H3. The molecular formula is C18H17ClO2. The third kappa shape index (κ3) is 4.73. The Morgan fingerprint density at radius 2 is 2.05 bits per heavy atom. The number of hydrogen-bond acceptors (Lipinski definition) is 2. The molecule has 1 N–H and O–H groups in total. The Bertz CT molecular complexity index is 668. The maximum absolute atomic E-state index is 9.42. The summed E-state index contributed by atoms with van der Waals surface area (Å²) in [5.41, 5.74) is 2.93. The van der Waals surface area contributed by atoms with Crippen LogP contribution in [0.2, 0.25) is 0 Å². The van der Waals surface area contributed by atoms with Gasteiger partial charge in [0.05, 0.1) is 0 Å². The molecule has 2 rings (SSSR count). The number of hydrogen-bond donors (Lipinski definition) is 1. The maximum atomic E-state index is 9.42. The highest BCUT2D eigenvalue weighted by Gasteiger charge is 2.02. The van der Waals surface area contributed by atoms with Crippen molar-refractivity contribution in [2.45, 2.75) is 20.0 Å². The maximum Gasteiger partial charge on any atom is 0.122 e. The molecule has 21 heavy (non-hydrogen) atoms. The molecule has 2 aromatic rings. The Morgan fingerprint density at radius 1 is 1.19 bits per heavy atom.